The van der Waals surface area contributed by atoms with E-state index in [9.17, 15) is 4.39 Å². The first-order chi connectivity index (χ1) is 10.1. The molecule has 2 unspecified atom stereocenters. The topological polar surface area (TPSA) is 38.2 Å². The molecule has 1 aromatic carbocycles. The van der Waals surface area contributed by atoms with Crippen molar-refractivity contribution in [2.24, 2.45) is 0 Å². The van der Waals surface area contributed by atoms with E-state index in [1.165, 1.54) is 12.1 Å². The van der Waals surface area contributed by atoms with Crippen molar-refractivity contribution in [3.05, 3.63) is 53.7 Å². The lowest BCUT2D eigenvalue weighted by atomic mass is 10.1. The van der Waals surface area contributed by atoms with Crippen molar-refractivity contribution in [1.29, 1.82) is 0 Å². The van der Waals surface area contributed by atoms with E-state index in [1.807, 2.05) is 19.9 Å². The van der Waals surface area contributed by atoms with E-state index in [4.69, 9.17) is 4.74 Å². The van der Waals surface area contributed by atoms with E-state index in [2.05, 4.69) is 14.9 Å². The van der Waals surface area contributed by atoms with E-state index >= 15 is 0 Å². The number of halogens is 1. The first kappa shape index (κ1) is 13.9. The van der Waals surface area contributed by atoms with Gasteiger partial charge in [-0.05, 0) is 31.5 Å². The van der Waals surface area contributed by atoms with Crippen molar-refractivity contribution in [2.75, 3.05) is 18.0 Å². The van der Waals surface area contributed by atoms with Crippen molar-refractivity contribution < 1.29 is 9.13 Å². The summed E-state index contributed by atoms with van der Waals surface area (Å²) >= 11 is 0. The smallest absolute Gasteiger partial charge is 0.132 e. The van der Waals surface area contributed by atoms with Gasteiger partial charge in [-0.15, -0.1) is 0 Å². The fourth-order valence-corrected chi connectivity index (χ4v) is 2.61. The van der Waals surface area contributed by atoms with E-state index in [0.29, 0.717) is 6.54 Å². The Morgan fingerprint density at radius 1 is 1.19 bits per heavy atom. The number of anilines is 1. The molecule has 5 heteroatoms. The number of nitrogens with zero attached hydrogens (tertiary/aromatic N) is 3. The predicted octanol–water partition coefficient (Wildman–Crippen LogP) is 2.89. The first-order valence-electron chi connectivity index (χ1n) is 7.06. The molecule has 2 aromatic rings. The number of benzene rings is 1. The zero-order chi connectivity index (χ0) is 14.8. The third-order valence-electron chi connectivity index (χ3n) is 3.62. The van der Waals surface area contributed by atoms with Crippen LogP contribution in [0.3, 0.4) is 0 Å². The van der Waals surface area contributed by atoms with E-state index < -0.39 is 0 Å². The van der Waals surface area contributed by atoms with Crippen molar-refractivity contribution in [3.8, 4) is 0 Å². The van der Waals surface area contributed by atoms with Gasteiger partial charge in [-0.2, -0.15) is 0 Å². The van der Waals surface area contributed by atoms with Gasteiger partial charge in [0.15, 0.2) is 0 Å². The zero-order valence-corrected chi connectivity index (χ0v) is 12.2. The van der Waals surface area contributed by atoms with Gasteiger partial charge in [0.25, 0.3) is 0 Å². The van der Waals surface area contributed by atoms with Crippen LogP contribution in [0.4, 0.5) is 10.2 Å². The lowest BCUT2D eigenvalue weighted by Crippen LogP contribution is -2.43. The minimum atomic E-state index is -0.231. The Hall–Kier alpha value is -2.01. The van der Waals surface area contributed by atoms with E-state index in [1.54, 1.807) is 18.5 Å². The highest BCUT2D eigenvalue weighted by Gasteiger charge is 2.27. The quantitative estimate of drug-likeness (QED) is 0.851. The van der Waals surface area contributed by atoms with Crippen LogP contribution >= 0.6 is 0 Å². The molecule has 0 N–H and O–H groups in total. The van der Waals surface area contributed by atoms with Gasteiger partial charge in [-0.25, -0.2) is 14.4 Å². The van der Waals surface area contributed by atoms with Crippen LogP contribution in [0, 0.1) is 12.7 Å². The summed E-state index contributed by atoms with van der Waals surface area (Å²) in [5, 5.41) is 0. The van der Waals surface area contributed by atoms with Crippen LogP contribution in [0.25, 0.3) is 0 Å². The standard InChI is InChI=1S/C16H18FN3O/c1-11-7-16(19-10-18-11)20-8-12(2)21-15(9-20)13-3-5-14(17)6-4-13/h3-7,10,12,15H,8-9H2,1-2H3. The van der Waals surface area contributed by atoms with Gasteiger partial charge >= 0.3 is 0 Å². The summed E-state index contributed by atoms with van der Waals surface area (Å²) in [6, 6.07) is 8.47. The molecule has 4 nitrogen and oxygen atoms in total. The maximum Gasteiger partial charge on any atom is 0.132 e. The van der Waals surface area contributed by atoms with Crippen LogP contribution in [0.2, 0.25) is 0 Å². The van der Waals surface area contributed by atoms with Crippen molar-refractivity contribution in [3.63, 3.8) is 0 Å². The molecule has 21 heavy (non-hydrogen) atoms. The molecule has 110 valence electrons. The third kappa shape index (κ3) is 3.19. The lowest BCUT2D eigenvalue weighted by Gasteiger charge is -2.37. The Balaban J connectivity index is 1.83. The summed E-state index contributed by atoms with van der Waals surface area (Å²) in [6.07, 6.45) is 1.59. The van der Waals surface area contributed by atoms with Crippen LogP contribution in [0.1, 0.15) is 24.3 Å². The van der Waals surface area contributed by atoms with Gasteiger partial charge in [-0.3, -0.25) is 0 Å². The van der Waals surface area contributed by atoms with Crippen LogP contribution < -0.4 is 4.90 Å². The summed E-state index contributed by atoms with van der Waals surface area (Å²) in [5.74, 6) is 0.677. The van der Waals surface area contributed by atoms with Crippen LogP contribution in [0.15, 0.2) is 36.7 Å². The Morgan fingerprint density at radius 2 is 1.95 bits per heavy atom. The molecule has 0 aliphatic carbocycles. The molecule has 1 fully saturated rings. The molecule has 0 amide bonds. The van der Waals surface area contributed by atoms with E-state index in [-0.39, 0.29) is 18.0 Å². The summed E-state index contributed by atoms with van der Waals surface area (Å²) in [4.78, 5) is 10.7. The van der Waals surface area contributed by atoms with Crippen molar-refractivity contribution in [2.45, 2.75) is 26.1 Å². The molecule has 0 bridgehead atoms. The second kappa shape index (κ2) is 5.77. The van der Waals surface area contributed by atoms with Gasteiger partial charge in [0.2, 0.25) is 0 Å². The fourth-order valence-electron chi connectivity index (χ4n) is 2.61. The molecule has 2 heterocycles. The normalized spacial score (nSPS) is 22.3. The molecule has 1 aromatic heterocycles. The van der Waals surface area contributed by atoms with Crippen LogP contribution in [-0.2, 0) is 4.74 Å². The lowest BCUT2D eigenvalue weighted by molar-refractivity contribution is -0.0176. The van der Waals surface area contributed by atoms with Gasteiger partial charge in [0.1, 0.15) is 24.1 Å². The van der Waals surface area contributed by atoms with Gasteiger partial charge in [-0.1, -0.05) is 12.1 Å². The maximum absolute atomic E-state index is 13.0. The van der Waals surface area contributed by atoms with Crippen LogP contribution in [-0.4, -0.2) is 29.2 Å². The fraction of sp³-hybridized carbons (Fsp3) is 0.375. The number of morpholine rings is 1. The molecule has 1 aliphatic rings. The molecular formula is C16H18FN3O. The molecular weight excluding hydrogens is 269 g/mol. The average Bonchev–Trinajstić information content (AvgIpc) is 2.47. The Bertz CT molecular complexity index is 617. The summed E-state index contributed by atoms with van der Waals surface area (Å²) < 4.78 is 19.0. The Kier molecular flexibility index (Phi) is 3.84. The van der Waals surface area contributed by atoms with Gasteiger partial charge < -0.3 is 9.64 Å². The monoisotopic (exact) mass is 287 g/mol. The molecule has 0 saturated carbocycles. The van der Waals surface area contributed by atoms with E-state index in [0.717, 1.165) is 23.6 Å². The molecule has 3 rings (SSSR count). The van der Waals surface area contributed by atoms with Gasteiger partial charge in [0, 0.05) is 24.8 Å². The number of hydrogen-bond acceptors (Lipinski definition) is 4. The third-order valence-corrected chi connectivity index (χ3v) is 3.62. The van der Waals surface area contributed by atoms with Crippen molar-refractivity contribution >= 4 is 5.82 Å². The number of ether oxygens (including phenoxy) is 1. The number of aromatic nitrogens is 2. The second-order valence-electron chi connectivity index (χ2n) is 5.41. The molecule has 1 aliphatic heterocycles. The summed E-state index contributed by atoms with van der Waals surface area (Å²) in [5.41, 5.74) is 1.93. The number of aryl methyl sites for hydroxylation is 1. The molecule has 0 radical (unpaired) electrons. The van der Waals surface area contributed by atoms with Crippen molar-refractivity contribution in [1.82, 2.24) is 9.97 Å². The minimum Gasteiger partial charge on any atom is -0.367 e. The molecule has 2 atom stereocenters. The summed E-state index contributed by atoms with van der Waals surface area (Å²) in [7, 11) is 0. The zero-order valence-electron chi connectivity index (χ0n) is 12.2. The molecule has 0 spiro atoms. The van der Waals surface area contributed by atoms with Gasteiger partial charge in [0.05, 0.1) is 6.10 Å². The minimum absolute atomic E-state index is 0.0791. The Morgan fingerprint density at radius 3 is 2.67 bits per heavy atom. The van der Waals surface area contributed by atoms with Crippen LogP contribution in [0.5, 0.6) is 0 Å². The number of hydrogen-bond donors (Lipinski definition) is 0. The molecule has 1 saturated heterocycles. The highest BCUT2D eigenvalue weighted by atomic mass is 19.1. The SMILES string of the molecule is Cc1cc(N2CC(C)OC(c3ccc(F)cc3)C2)ncn1. The average molecular weight is 287 g/mol. The second-order valence-corrected chi connectivity index (χ2v) is 5.41. The summed E-state index contributed by atoms with van der Waals surface area (Å²) in [6.45, 7) is 5.48. The maximum atomic E-state index is 13.0. The first-order valence-corrected chi connectivity index (χ1v) is 7.06. The highest BCUT2D eigenvalue weighted by molar-refractivity contribution is 5.40. The predicted molar refractivity (Wildman–Crippen MR) is 78.7 cm³/mol. The largest absolute Gasteiger partial charge is 0.367 e. The number of rotatable bonds is 2. The Labute approximate surface area is 123 Å². The highest BCUT2D eigenvalue weighted by Crippen LogP contribution is 2.27.